The minimum atomic E-state index is -0.468. The smallest absolute Gasteiger partial charge is 0.270 e. The van der Waals surface area contributed by atoms with Crippen LogP contribution in [0.25, 0.3) is 0 Å². The van der Waals surface area contributed by atoms with Gasteiger partial charge >= 0.3 is 0 Å². The number of nitrogens with zero attached hydrogens (tertiary/aromatic N) is 6. The van der Waals surface area contributed by atoms with Crippen molar-refractivity contribution in [1.82, 2.24) is 9.97 Å². The molecule has 1 heterocycles. The molecule has 0 amide bonds. The molecule has 1 N–H and O–H groups in total. The molecule has 3 rings (SSSR count). The summed E-state index contributed by atoms with van der Waals surface area (Å²) in [7, 11) is 7.44. The fourth-order valence-electron chi connectivity index (χ4n) is 3.29. The molecule has 0 saturated heterocycles. The van der Waals surface area contributed by atoms with E-state index in [1.807, 2.05) is 58.2 Å². The highest BCUT2D eigenvalue weighted by atomic mass is 16.6. The number of non-ortho nitro benzene ring substituents is 1. The van der Waals surface area contributed by atoms with Crippen molar-refractivity contribution in [3.05, 3.63) is 69.3 Å². The third-order valence-electron chi connectivity index (χ3n) is 5.61. The summed E-state index contributed by atoms with van der Waals surface area (Å²) >= 11 is 0. The van der Waals surface area contributed by atoms with Crippen molar-refractivity contribution in [2.75, 3.05) is 69.8 Å². The second-order valence-electron chi connectivity index (χ2n) is 9.10. The van der Waals surface area contributed by atoms with Crippen LogP contribution in [0.2, 0.25) is 0 Å². The lowest BCUT2D eigenvalue weighted by molar-refractivity contribution is -0.384. The summed E-state index contributed by atoms with van der Waals surface area (Å²) < 4.78 is 17.1. The predicted octanol–water partition coefficient (Wildman–Crippen LogP) is 4.05. The fourth-order valence-corrected chi connectivity index (χ4v) is 3.29. The normalized spacial score (nSPS) is 10.9. The molecule has 0 fully saturated rings. The Labute approximate surface area is 228 Å². The first-order valence-electron chi connectivity index (χ1n) is 12.4. The monoisotopic (exact) mass is 537 g/mol. The van der Waals surface area contributed by atoms with E-state index in [1.54, 1.807) is 17.0 Å². The molecule has 208 valence electrons. The summed E-state index contributed by atoms with van der Waals surface area (Å²) in [5, 5.41) is 15.5. The molecule has 3 aromatic rings. The lowest BCUT2D eigenvalue weighted by atomic mass is 10.1. The highest BCUT2D eigenvalue weighted by Gasteiger charge is 2.12. The number of anilines is 3. The molecule has 0 radical (unpaired) electrons. The van der Waals surface area contributed by atoms with Crippen LogP contribution in [0, 0.1) is 24.0 Å². The molecule has 0 aliphatic heterocycles. The van der Waals surface area contributed by atoms with Crippen LogP contribution in [-0.4, -0.2) is 75.7 Å². The second-order valence-corrected chi connectivity index (χ2v) is 9.10. The number of nitro benzene ring substituents is 1. The quantitative estimate of drug-likeness (QED) is 0.139. The number of benzene rings is 2. The van der Waals surface area contributed by atoms with E-state index in [0.717, 1.165) is 5.75 Å². The molecule has 0 bridgehead atoms. The van der Waals surface area contributed by atoms with E-state index in [4.69, 9.17) is 14.2 Å². The van der Waals surface area contributed by atoms with Crippen LogP contribution in [0.1, 0.15) is 16.7 Å². The van der Waals surface area contributed by atoms with Crippen molar-refractivity contribution in [2.45, 2.75) is 13.8 Å². The van der Waals surface area contributed by atoms with E-state index in [9.17, 15) is 10.1 Å². The Morgan fingerprint density at radius 1 is 0.923 bits per heavy atom. The van der Waals surface area contributed by atoms with Gasteiger partial charge in [0.15, 0.2) is 5.82 Å². The van der Waals surface area contributed by atoms with Gasteiger partial charge in [0.05, 0.1) is 24.4 Å². The Kier molecular flexibility index (Phi) is 10.4. The topological polar surface area (TPSA) is 127 Å². The van der Waals surface area contributed by atoms with Gasteiger partial charge in [-0.25, -0.2) is 0 Å². The Morgan fingerprint density at radius 2 is 1.67 bits per heavy atom. The summed E-state index contributed by atoms with van der Waals surface area (Å²) in [6.07, 6.45) is 1.45. The van der Waals surface area contributed by atoms with Crippen LogP contribution in [0.4, 0.5) is 23.3 Å². The van der Waals surface area contributed by atoms with Gasteiger partial charge in [0.1, 0.15) is 30.5 Å². The fraction of sp³-hybridized carbons (Fsp3) is 0.370. The minimum absolute atomic E-state index is 0.0737. The zero-order valence-electron chi connectivity index (χ0n) is 23.2. The number of rotatable bonds is 14. The standard InChI is InChI=1S/C27H35N7O5/c1-19-7-9-23(15-20(19)2)38-13-11-37-12-14-39-24-10-8-22(34(35)36)16-21(24)18-28-31-25-17-26(32(3)4)30-27(29-25)33(5)6/h7-10,15-18H,11-14H2,1-6H3,(H,29,30,31)/b28-18-. The van der Waals surface area contributed by atoms with Gasteiger partial charge in [0, 0.05) is 52.0 Å². The zero-order valence-corrected chi connectivity index (χ0v) is 23.2. The first kappa shape index (κ1) is 29.1. The number of aromatic nitrogens is 2. The number of nitro groups is 1. The third-order valence-corrected chi connectivity index (χ3v) is 5.61. The lowest BCUT2D eigenvalue weighted by Gasteiger charge is -2.17. The molecule has 0 aliphatic rings. The van der Waals surface area contributed by atoms with Gasteiger partial charge < -0.3 is 24.0 Å². The molecule has 12 nitrogen and oxygen atoms in total. The summed E-state index contributed by atoms with van der Waals surface area (Å²) in [5.41, 5.74) is 5.62. The summed E-state index contributed by atoms with van der Waals surface area (Å²) in [6, 6.07) is 12.0. The number of hydrazone groups is 1. The van der Waals surface area contributed by atoms with E-state index < -0.39 is 4.92 Å². The van der Waals surface area contributed by atoms with Crippen LogP contribution in [0.15, 0.2) is 47.6 Å². The Hall–Kier alpha value is -4.45. The predicted molar refractivity (Wildman–Crippen MR) is 153 cm³/mol. The Balaban J connectivity index is 1.57. The summed E-state index contributed by atoms with van der Waals surface area (Å²) in [4.78, 5) is 23.4. The van der Waals surface area contributed by atoms with Crippen molar-refractivity contribution < 1.29 is 19.1 Å². The first-order chi connectivity index (χ1) is 18.6. The molecule has 0 saturated carbocycles. The molecule has 39 heavy (non-hydrogen) atoms. The Bertz CT molecular complexity index is 1270. The molecular weight excluding hydrogens is 502 g/mol. The van der Waals surface area contributed by atoms with Crippen molar-refractivity contribution in [3.8, 4) is 11.5 Å². The van der Waals surface area contributed by atoms with Crippen molar-refractivity contribution >= 4 is 29.5 Å². The van der Waals surface area contributed by atoms with Gasteiger partial charge in [-0.3, -0.25) is 15.5 Å². The number of hydrogen-bond acceptors (Lipinski definition) is 11. The first-order valence-corrected chi connectivity index (χ1v) is 12.4. The maximum Gasteiger partial charge on any atom is 0.270 e. The average Bonchev–Trinajstić information content (AvgIpc) is 2.90. The number of aryl methyl sites for hydroxylation is 2. The van der Waals surface area contributed by atoms with Crippen LogP contribution in [0.3, 0.4) is 0 Å². The van der Waals surface area contributed by atoms with Gasteiger partial charge in [-0.1, -0.05) is 6.07 Å². The van der Waals surface area contributed by atoms with E-state index in [1.165, 1.54) is 29.5 Å². The largest absolute Gasteiger partial charge is 0.491 e. The lowest BCUT2D eigenvalue weighted by Crippen LogP contribution is -2.17. The second kappa shape index (κ2) is 13.9. The highest BCUT2D eigenvalue weighted by molar-refractivity contribution is 5.85. The van der Waals surface area contributed by atoms with Crippen LogP contribution < -0.4 is 24.7 Å². The van der Waals surface area contributed by atoms with E-state index >= 15 is 0 Å². The van der Waals surface area contributed by atoms with E-state index in [-0.39, 0.29) is 12.3 Å². The van der Waals surface area contributed by atoms with Crippen LogP contribution in [-0.2, 0) is 4.74 Å². The van der Waals surface area contributed by atoms with Crippen LogP contribution in [0.5, 0.6) is 11.5 Å². The molecular formula is C27H35N7O5. The molecule has 12 heteroatoms. The summed E-state index contributed by atoms with van der Waals surface area (Å²) in [5.74, 6) is 2.92. The molecule has 2 aromatic carbocycles. The van der Waals surface area contributed by atoms with Gasteiger partial charge in [0.2, 0.25) is 5.95 Å². The number of hydrogen-bond donors (Lipinski definition) is 1. The van der Waals surface area contributed by atoms with Gasteiger partial charge in [-0.05, 0) is 43.2 Å². The average molecular weight is 538 g/mol. The Morgan fingerprint density at radius 3 is 2.33 bits per heavy atom. The van der Waals surface area contributed by atoms with Gasteiger partial charge in [-0.15, -0.1) is 0 Å². The summed E-state index contributed by atoms with van der Waals surface area (Å²) in [6.45, 7) is 5.49. The number of ether oxygens (including phenoxy) is 3. The van der Waals surface area contributed by atoms with Crippen molar-refractivity contribution in [2.24, 2.45) is 5.10 Å². The minimum Gasteiger partial charge on any atom is -0.491 e. The molecule has 0 atom stereocenters. The molecule has 0 spiro atoms. The van der Waals surface area contributed by atoms with E-state index in [0.29, 0.717) is 48.7 Å². The van der Waals surface area contributed by atoms with E-state index in [2.05, 4.69) is 27.4 Å². The van der Waals surface area contributed by atoms with Gasteiger partial charge in [-0.2, -0.15) is 15.1 Å². The SMILES string of the molecule is Cc1ccc(OCCOCCOc2ccc([N+](=O)[O-])cc2/C=N\Nc2cc(N(C)C)nc(N(C)C)n2)cc1C. The molecule has 0 aliphatic carbocycles. The third kappa shape index (κ3) is 8.82. The molecule has 1 aromatic heterocycles. The number of nitrogens with one attached hydrogen (secondary N) is 1. The van der Waals surface area contributed by atoms with Gasteiger partial charge in [0.25, 0.3) is 5.69 Å². The molecule has 0 unspecified atom stereocenters. The van der Waals surface area contributed by atoms with Crippen molar-refractivity contribution in [1.29, 1.82) is 0 Å². The zero-order chi connectivity index (χ0) is 28.4. The maximum atomic E-state index is 11.3. The van der Waals surface area contributed by atoms with Crippen molar-refractivity contribution in [3.63, 3.8) is 0 Å². The van der Waals surface area contributed by atoms with Crippen LogP contribution >= 0.6 is 0 Å². The maximum absolute atomic E-state index is 11.3. The highest BCUT2D eigenvalue weighted by Crippen LogP contribution is 2.23.